The van der Waals surface area contributed by atoms with Crippen LogP contribution >= 0.6 is 27.7 Å². The zero-order valence-corrected chi connectivity index (χ0v) is 10.5. The zero-order valence-electron chi connectivity index (χ0n) is 7.09. The Balaban J connectivity index is 3.13. The van der Waals surface area contributed by atoms with Crippen LogP contribution in [-0.2, 0) is 18.5 Å². The Kier molecular flexibility index (Phi) is 4.66. The molecule has 3 unspecified atom stereocenters. The van der Waals surface area contributed by atoms with Crippen LogP contribution in [0.4, 0.5) is 0 Å². The lowest BCUT2D eigenvalue weighted by Gasteiger charge is -2.09. The lowest BCUT2D eigenvalue weighted by molar-refractivity contribution is 1.21. The highest BCUT2D eigenvalue weighted by Crippen LogP contribution is 2.22. The Labute approximate surface area is 81.5 Å². The first-order valence-corrected chi connectivity index (χ1v) is 6.48. The van der Waals surface area contributed by atoms with Gasteiger partial charge in [0.25, 0.3) is 0 Å². The van der Waals surface area contributed by atoms with Gasteiger partial charge in [-0.3, -0.25) is 0 Å². The predicted octanol–water partition coefficient (Wildman–Crippen LogP) is 2.81. The summed E-state index contributed by atoms with van der Waals surface area (Å²) in [7, 11) is 8.37. The van der Waals surface area contributed by atoms with Gasteiger partial charge >= 0.3 is 0 Å². The van der Waals surface area contributed by atoms with Crippen LogP contribution in [-0.4, -0.2) is 0 Å². The lowest BCUT2D eigenvalue weighted by atomic mass is 10.0. The summed E-state index contributed by atoms with van der Waals surface area (Å²) in [5.74, 6) is 0. The maximum atomic E-state index is 2.80. The molecule has 0 nitrogen and oxygen atoms in total. The van der Waals surface area contributed by atoms with Gasteiger partial charge in [0.1, 0.15) is 0 Å². The molecule has 0 saturated heterocycles. The average Bonchev–Trinajstić information content (AvgIpc) is 2.16. The Morgan fingerprint density at radius 1 is 0.833 bits per heavy atom. The van der Waals surface area contributed by atoms with Crippen LogP contribution in [0.15, 0.2) is 18.2 Å². The number of benzene rings is 1. The smallest absolute Gasteiger partial charge is 0.0123 e. The second-order valence-corrected chi connectivity index (χ2v) is 3.89. The second kappa shape index (κ2) is 5.29. The van der Waals surface area contributed by atoms with E-state index in [1.54, 1.807) is 0 Å². The van der Waals surface area contributed by atoms with Crippen LogP contribution < -0.4 is 0 Å². The van der Waals surface area contributed by atoms with Crippen LogP contribution in [0.3, 0.4) is 0 Å². The largest absolute Gasteiger partial charge is 0.133 e. The van der Waals surface area contributed by atoms with Crippen molar-refractivity contribution in [3.8, 4) is 0 Å². The Hall–Kier alpha value is 0.510. The molecule has 0 amide bonds. The van der Waals surface area contributed by atoms with Gasteiger partial charge in [-0.15, -0.1) is 27.7 Å². The number of rotatable bonds is 3. The van der Waals surface area contributed by atoms with Crippen LogP contribution in [0.25, 0.3) is 0 Å². The summed E-state index contributed by atoms with van der Waals surface area (Å²) in [5.41, 5.74) is 4.40. The Morgan fingerprint density at radius 2 is 1.33 bits per heavy atom. The van der Waals surface area contributed by atoms with Gasteiger partial charge in [-0.25, -0.2) is 0 Å². The van der Waals surface area contributed by atoms with Crippen molar-refractivity contribution in [3.05, 3.63) is 34.9 Å². The Bertz CT molecular complexity index is 236. The molecule has 3 atom stereocenters. The van der Waals surface area contributed by atoms with Crippen LogP contribution in [0.1, 0.15) is 16.7 Å². The van der Waals surface area contributed by atoms with Gasteiger partial charge in [-0.05, 0) is 35.2 Å². The highest BCUT2D eigenvalue weighted by atomic mass is 31.0. The minimum atomic E-state index is 1.06. The summed E-state index contributed by atoms with van der Waals surface area (Å²) in [6, 6.07) is 6.55. The monoisotopic (exact) mass is 216 g/mol. The van der Waals surface area contributed by atoms with Crippen molar-refractivity contribution in [3.63, 3.8) is 0 Å². The molecule has 66 valence electrons. The molecule has 0 aliphatic rings. The van der Waals surface area contributed by atoms with Gasteiger partial charge in [0.15, 0.2) is 0 Å². The summed E-state index contributed by atoms with van der Waals surface area (Å²) in [4.78, 5) is 0. The van der Waals surface area contributed by atoms with Crippen molar-refractivity contribution in [1.29, 1.82) is 0 Å². The second-order valence-electron chi connectivity index (χ2n) is 2.67. The molecule has 0 fully saturated rings. The maximum Gasteiger partial charge on any atom is -0.0123 e. The van der Waals surface area contributed by atoms with E-state index in [2.05, 4.69) is 45.9 Å². The fraction of sp³-hybridized carbons (Fsp3) is 0.333. The molecule has 0 spiro atoms. The molecule has 12 heavy (non-hydrogen) atoms. The molecule has 1 rings (SSSR count). The summed E-state index contributed by atoms with van der Waals surface area (Å²) in [6.45, 7) is 0. The molecular weight excluding hydrogens is 201 g/mol. The molecule has 0 radical (unpaired) electrons. The summed E-state index contributed by atoms with van der Waals surface area (Å²) >= 11 is 0. The predicted molar refractivity (Wildman–Crippen MR) is 66.7 cm³/mol. The molecule has 0 saturated carbocycles. The van der Waals surface area contributed by atoms with E-state index in [1.165, 1.54) is 16.7 Å². The van der Waals surface area contributed by atoms with Gasteiger partial charge < -0.3 is 0 Å². The highest BCUT2D eigenvalue weighted by Gasteiger charge is 2.02. The summed E-state index contributed by atoms with van der Waals surface area (Å²) in [5, 5.41) is 0. The third kappa shape index (κ3) is 2.26. The normalized spacial score (nSPS) is 10.2. The van der Waals surface area contributed by atoms with E-state index in [4.69, 9.17) is 0 Å². The first-order valence-electron chi connectivity index (χ1n) is 4.03. The van der Waals surface area contributed by atoms with Crippen LogP contribution in [0.5, 0.6) is 0 Å². The van der Waals surface area contributed by atoms with E-state index in [0.29, 0.717) is 0 Å². The minimum Gasteiger partial charge on any atom is -0.133 e. The maximum absolute atomic E-state index is 2.80. The lowest BCUT2D eigenvalue weighted by Crippen LogP contribution is -1.93. The fourth-order valence-electron chi connectivity index (χ4n) is 1.33. The van der Waals surface area contributed by atoms with E-state index < -0.39 is 0 Å². The van der Waals surface area contributed by atoms with Gasteiger partial charge in [-0.2, -0.15) is 0 Å². The van der Waals surface area contributed by atoms with Gasteiger partial charge in [0.2, 0.25) is 0 Å². The first-order chi connectivity index (χ1) is 5.83. The first kappa shape index (κ1) is 10.6. The van der Waals surface area contributed by atoms with Gasteiger partial charge in [0.05, 0.1) is 0 Å². The van der Waals surface area contributed by atoms with Crippen molar-refractivity contribution < 1.29 is 0 Å². The van der Waals surface area contributed by atoms with Crippen LogP contribution in [0, 0.1) is 0 Å². The van der Waals surface area contributed by atoms with Gasteiger partial charge in [-0.1, -0.05) is 18.2 Å². The standard InChI is InChI=1S/C9H15P3/c10-4-7-2-1-3-8(5-11)9(7)6-12/h1-3H,4-6,10-12H2. The molecule has 3 heteroatoms. The molecule has 0 heterocycles. The third-order valence-electron chi connectivity index (χ3n) is 2.01. The molecule has 1 aromatic carbocycles. The third-order valence-corrected chi connectivity index (χ3v) is 3.30. The molecular formula is C9H15P3. The quantitative estimate of drug-likeness (QED) is 0.681. The van der Waals surface area contributed by atoms with E-state index in [-0.39, 0.29) is 0 Å². The van der Waals surface area contributed by atoms with Crippen molar-refractivity contribution in [2.24, 2.45) is 0 Å². The summed E-state index contributed by atoms with van der Waals surface area (Å²) < 4.78 is 0. The molecule has 0 aliphatic carbocycles. The van der Waals surface area contributed by atoms with E-state index >= 15 is 0 Å². The van der Waals surface area contributed by atoms with E-state index in [0.717, 1.165) is 18.5 Å². The van der Waals surface area contributed by atoms with Crippen molar-refractivity contribution >= 4 is 27.7 Å². The summed E-state index contributed by atoms with van der Waals surface area (Å²) in [6.07, 6.45) is 3.18. The topological polar surface area (TPSA) is 0 Å². The molecule has 0 aromatic heterocycles. The van der Waals surface area contributed by atoms with E-state index in [1.807, 2.05) is 0 Å². The molecule has 1 aromatic rings. The molecule has 0 aliphatic heterocycles. The minimum absolute atomic E-state index is 1.06. The highest BCUT2D eigenvalue weighted by molar-refractivity contribution is 7.16. The SMILES string of the molecule is PCc1cccc(CP)c1CP. The van der Waals surface area contributed by atoms with Crippen molar-refractivity contribution in [1.82, 2.24) is 0 Å². The van der Waals surface area contributed by atoms with Crippen molar-refractivity contribution in [2.45, 2.75) is 18.5 Å². The molecule has 0 N–H and O–H groups in total. The zero-order chi connectivity index (χ0) is 8.97. The number of hydrogen-bond acceptors (Lipinski definition) is 0. The van der Waals surface area contributed by atoms with Crippen LogP contribution in [0.2, 0.25) is 0 Å². The Morgan fingerprint density at radius 3 is 1.67 bits per heavy atom. The number of hydrogen-bond donors (Lipinski definition) is 0. The van der Waals surface area contributed by atoms with Crippen molar-refractivity contribution in [2.75, 3.05) is 0 Å². The molecule has 0 bridgehead atoms. The fourth-order valence-corrected chi connectivity index (χ4v) is 2.62. The average molecular weight is 216 g/mol. The van der Waals surface area contributed by atoms with E-state index in [9.17, 15) is 0 Å². The van der Waals surface area contributed by atoms with Gasteiger partial charge in [0, 0.05) is 0 Å².